The molecule has 0 amide bonds. The smallest absolute Gasteiger partial charge is 0.123 e. The van der Waals surface area contributed by atoms with Gasteiger partial charge in [0.25, 0.3) is 0 Å². The largest absolute Gasteiger partial charge is 0.347 e. The fraction of sp³-hybridized carbons (Fsp3) is 0.786. The maximum Gasteiger partial charge on any atom is 0.123 e. The van der Waals surface area contributed by atoms with Crippen LogP contribution in [0.15, 0.2) is 12.4 Å². The highest BCUT2D eigenvalue weighted by Gasteiger charge is 2.54. The van der Waals surface area contributed by atoms with Crippen molar-refractivity contribution in [2.45, 2.75) is 44.6 Å². The predicted molar refractivity (Wildman–Crippen MR) is 66.1 cm³/mol. The number of H-pyrrole nitrogens is 1. The maximum absolute atomic E-state index is 6.54. The first-order valence-corrected chi connectivity index (χ1v) is 7.00. The topological polar surface area (TPSA) is 54.7 Å². The lowest BCUT2D eigenvalue weighted by Crippen LogP contribution is -2.51. The lowest BCUT2D eigenvalue weighted by atomic mass is 9.47. The molecule has 1 unspecified atom stereocenters. The Morgan fingerprint density at radius 2 is 1.76 bits per heavy atom. The molecular formula is C14H21N3. The molecule has 0 saturated heterocycles. The Hall–Kier alpha value is -0.830. The second-order valence-electron chi connectivity index (χ2n) is 6.73. The Bertz CT molecular complexity index is 374. The summed E-state index contributed by atoms with van der Waals surface area (Å²) in [5, 5.41) is 0. The van der Waals surface area contributed by atoms with Gasteiger partial charge in [-0.3, -0.25) is 0 Å². The molecule has 1 aromatic rings. The molecule has 5 rings (SSSR count). The summed E-state index contributed by atoms with van der Waals surface area (Å²) in [5.74, 6) is 3.89. The number of rotatable bonds is 2. The average Bonchev–Trinajstić information content (AvgIpc) is 2.79. The van der Waals surface area contributed by atoms with Crippen molar-refractivity contribution in [3.8, 4) is 0 Å². The summed E-state index contributed by atoms with van der Waals surface area (Å²) in [5.41, 5.74) is 6.91. The molecule has 1 aromatic heterocycles. The van der Waals surface area contributed by atoms with E-state index in [0.717, 1.165) is 23.6 Å². The molecule has 1 atom stereocenters. The van der Waals surface area contributed by atoms with Crippen LogP contribution >= 0.6 is 0 Å². The highest BCUT2D eigenvalue weighted by Crippen LogP contribution is 2.63. The number of nitrogens with one attached hydrogen (secondary N) is 1. The van der Waals surface area contributed by atoms with Crippen molar-refractivity contribution in [3.63, 3.8) is 0 Å². The minimum atomic E-state index is 0.130. The van der Waals surface area contributed by atoms with Crippen molar-refractivity contribution in [3.05, 3.63) is 18.2 Å². The second kappa shape index (κ2) is 3.35. The lowest BCUT2D eigenvalue weighted by Gasteiger charge is -2.58. The fourth-order valence-corrected chi connectivity index (χ4v) is 5.30. The van der Waals surface area contributed by atoms with E-state index in [9.17, 15) is 0 Å². The Morgan fingerprint density at radius 1 is 1.18 bits per heavy atom. The average molecular weight is 231 g/mol. The Kier molecular flexibility index (Phi) is 1.99. The molecule has 0 spiro atoms. The summed E-state index contributed by atoms with van der Waals surface area (Å²) in [6.07, 6.45) is 12.2. The third-order valence-electron chi connectivity index (χ3n) is 5.56. The molecular weight excluding hydrogens is 210 g/mol. The number of imidazole rings is 1. The Morgan fingerprint density at radius 3 is 2.24 bits per heavy atom. The van der Waals surface area contributed by atoms with Crippen molar-refractivity contribution in [2.75, 3.05) is 0 Å². The minimum absolute atomic E-state index is 0.130. The molecule has 0 aromatic carbocycles. The molecule has 0 aliphatic heterocycles. The zero-order chi connectivity index (χ0) is 11.5. The van der Waals surface area contributed by atoms with Gasteiger partial charge in [-0.2, -0.15) is 0 Å². The SMILES string of the molecule is NC(c1ncc[nH]1)C12CC3CC(CC(C3)C1)C2. The van der Waals surface area contributed by atoms with Crippen LogP contribution in [0.4, 0.5) is 0 Å². The van der Waals surface area contributed by atoms with Crippen molar-refractivity contribution in [1.82, 2.24) is 9.97 Å². The van der Waals surface area contributed by atoms with Crippen LogP contribution in [0.3, 0.4) is 0 Å². The first kappa shape index (κ1) is 10.1. The number of nitrogens with two attached hydrogens (primary N) is 1. The van der Waals surface area contributed by atoms with Crippen LogP contribution in [0.2, 0.25) is 0 Å². The molecule has 4 saturated carbocycles. The van der Waals surface area contributed by atoms with Crippen LogP contribution < -0.4 is 5.73 Å². The van der Waals surface area contributed by atoms with Crippen LogP contribution in [0.5, 0.6) is 0 Å². The predicted octanol–water partition coefficient (Wildman–Crippen LogP) is 2.63. The highest BCUT2D eigenvalue weighted by molar-refractivity contribution is 5.10. The fourth-order valence-electron chi connectivity index (χ4n) is 5.30. The molecule has 17 heavy (non-hydrogen) atoms. The molecule has 3 N–H and O–H groups in total. The van der Waals surface area contributed by atoms with Gasteiger partial charge in [-0.25, -0.2) is 4.98 Å². The van der Waals surface area contributed by atoms with E-state index in [2.05, 4.69) is 9.97 Å². The van der Waals surface area contributed by atoms with E-state index < -0.39 is 0 Å². The zero-order valence-electron chi connectivity index (χ0n) is 10.2. The quantitative estimate of drug-likeness (QED) is 0.822. The number of nitrogens with zero attached hydrogens (tertiary/aromatic N) is 1. The van der Waals surface area contributed by atoms with E-state index in [-0.39, 0.29) is 6.04 Å². The van der Waals surface area contributed by atoms with Gasteiger partial charge in [0.05, 0.1) is 6.04 Å². The normalized spacial score (nSPS) is 45.1. The second-order valence-corrected chi connectivity index (χ2v) is 6.73. The van der Waals surface area contributed by atoms with E-state index in [1.807, 2.05) is 12.4 Å². The summed E-state index contributed by atoms with van der Waals surface area (Å²) in [7, 11) is 0. The van der Waals surface area contributed by atoms with Crippen LogP contribution in [-0.4, -0.2) is 9.97 Å². The van der Waals surface area contributed by atoms with Gasteiger partial charge in [0.15, 0.2) is 0 Å². The van der Waals surface area contributed by atoms with Gasteiger partial charge in [0, 0.05) is 12.4 Å². The molecule has 3 nitrogen and oxygen atoms in total. The van der Waals surface area contributed by atoms with E-state index in [0.29, 0.717) is 5.41 Å². The molecule has 3 heteroatoms. The Labute approximate surface area is 102 Å². The summed E-state index contributed by atoms with van der Waals surface area (Å²) >= 11 is 0. The van der Waals surface area contributed by atoms with Gasteiger partial charge < -0.3 is 10.7 Å². The number of hydrogen-bond donors (Lipinski definition) is 2. The first-order chi connectivity index (χ1) is 8.25. The van der Waals surface area contributed by atoms with Crippen LogP contribution in [0.1, 0.15) is 50.4 Å². The standard InChI is InChI=1S/C14H21N3/c15-12(13-16-1-2-17-13)14-6-9-3-10(7-14)5-11(4-9)8-14/h1-2,9-12H,3-8,15H2,(H,16,17). The summed E-state index contributed by atoms with van der Waals surface area (Å²) in [6, 6.07) is 0.130. The molecule has 4 aliphatic carbocycles. The Balaban J connectivity index is 1.68. The van der Waals surface area contributed by atoms with Gasteiger partial charge >= 0.3 is 0 Å². The van der Waals surface area contributed by atoms with Gasteiger partial charge in [-0.05, 0) is 61.7 Å². The minimum Gasteiger partial charge on any atom is -0.347 e. The van der Waals surface area contributed by atoms with Crippen LogP contribution in [0, 0.1) is 23.2 Å². The zero-order valence-corrected chi connectivity index (χ0v) is 10.2. The lowest BCUT2D eigenvalue weighted by molar-refractivity contribution is -0.0690. The molecule has 92 valence electrons. The highest BCUT2D eigenvalue weighted by atomic mass is 15.0. The monoisotopic (exact) mass is 231 g/mol. The summed E-state index contributed by atoms with van der Waals surface area (Å²) < 4.78 is 0. The molecule has 0 radical (unpaired) electrons. The van der Waals surface area contributed by atoms with Crippen LogP contribution in [0.25, 0.3) is 0 Å². The number of aromatic amines is 1. The summed E-state index contributed by atoms with van der Waals surface area (Å²) in [6.45, 7) is 0. The molecule has 4 fully saturated rings. The molecule has 4 aliphatic rings. The molecule has 4 bridgehead atoms. The van der Waals surface area contributed by atoms with Crippen molar-refractivity contribution >= 4 is 0 Å². The van der Waals surface area contributed by atoms with E-state index >= 15 is 0 Å². The maximum atomic E-state index is 6.54. The third kappa shape index (κ3) is 1.41. The van der Waals surface area contributed by atoms with E-state index in [1.165, 1.54) is 38.5 Å². The van der Waals surface area contributed by atoms with Crippen molar-refractivity contribution < 1.29 is 0 Å². The van der Waals surface area contributed by atoms with Gasteiger partial charge in [-0.15, -0.1) is 0 Å². The molecule has 1 heterocycles. The number of aromatic nitrogens is 2. The third-order valence-corrected chi connectivity index (χ3v) is 5.56. The van der Waals surface area contributed by atoms with Gasteiger partial charge in [0.1, 0.15) is 5.82 Å². The van der Waals surface area contributed by atoms with Gasteiger partial charge in [0.2, 0.25) is 0 Å². The first-order valence-electron chi connectivity index (χ1n) is 7.00. The van der Waals surface area contributed by atoms with E-state index in [4.69, 9.17) is 5.73 Å². The van der Waals surface area contributed by atoms with Crippen molar-refractivity contribution in [2.24, 2.45) is 28.9 Å². The van der Waals surface area contributed by atoms with E-state index in [1.54, 1.807) is 0 Å². The van der Waals surface area contributed by atoms with Crippen LogP contribution in [-0.2, 0) is 0 Å². The van der Waals surface area contributed by atoms with Crippen molar-refractivity contribution in [1.29, 1.82) is 0 Å². The van der Waals surface area contributed by atoms with Gasteiger partial charge in [-0.1, -0.05) is 0 Å². The number of hydrogen-bond acceptors (Lipinski definition) is 2. The summed E-state index contributed by atoms with van der Waals surface area (Å²) in [4.78, 5) is 7.62.